The minimum absolute atomic E-state index is 0. The van der Waals surface area contributed by atoms with Gasteiger partial charge < -0.3 is 17.0 Å². The molecule has 0 N–H and O–H groups in total. The van der Waals surface area contributed by atoms with E-state index in [1.807, 2.05) is 0 Å². The summed E-state index contributed by atoms with van der Waals surface area (Å²) < 4.78 is 6.15. The largest absolute Gasteiger partial charge is 1.00 e. The highest BCUT2D eigenvalue weighted by Crippen LogP contribution is 2.36. The van der Waals surface area contributed by atoms with Gasteiger partial charge in [-0.05, 0) is 61.1 Å². The third-order valence-corrected chi connectivity index (χ3v) is 3.94. The van der Waals surface area contributed by atoms with Crippen molar-refractivity contribution in [2.24, 2.45) is 0 Å². The smallest absolute Gasteiger partial charge is 0.361 e. The Balaban J connectivity index is 0.00000161. The number of hydrogen-bond donors (Lipinski definition) is 0. The molecule has 0 saturated heterocycles. The van der Waals surface area contributed by atoms with Crippen LogP contribution in [0.5, 0.6) is 0 Å². The summed E-state index contributed by atoms with van der Waals surface area (Å²) in [7, 11) is 0. The lowest BCUT2D eigenvalue weighted by atomic mass is 9.91. The average Bonchev–Trinajstić information content (AvgIpc) is 2.36. The van der Waals surface area contributed by atoms with Gasteiger partial charge in [0.25, 0.3) is 0 Å². The molecule has 0 fully saturated rings. The van der Waals surface area contributed by atoms with Crippen LogP contribution >= 0.6 is 0 Å². The molecule has 1 nitrogen and oxygen atoms in total. The van der Waals surface area contributed by atoms with E-state index in [-0.39, 0.29) is 17.0 Å². The van der Waals surface area contributed by atoms with Crippen LogP contribution in [0, 0.1) is 20.8 Å². The molecule has 0 saturated carbocycles. The maximum atomic E-state index is 6.15. The van der Waals surface area contributed by atoms with E-state index >= 15 is 0 Å². The molecule has 0 radical (unpaired) electrons. The van der Waals surface area contributed by atoms with E-state index in [1.165, 1.54) is 33.0 Å². The summed E-state index contributed by atoms with van der Waals surface area (Å²) in [6, 6.07) is 10.8. The van der Waals surface area contributed by atoms with Gasteiger partial charge in [-0.15, -0.1) is 0 Å². The van der Waals surface area contributed by atoms with Crippen molar-refractivity contribution < 1.29 is 21.4 Å². The number of fused-ring (bicyclic) bond motifs is 2. The van der Waals surface area contributed by atoms with Gasteiger partial charge in [-0.25, -0.2) is 4.42 Å². The molecule has 0 unspecified atom stereocenters. The maximum Gasteiger partial charge on any atom is 0.361 e. The molecule has 0 bridgehead atoms. The lowest BCUT2D eigenvalue weighted by molar-refractivity contribution is -0.00000484. The van der Waals surface area contributed by atoms with Crippen molar-refractivity contribution in [1.29, 1.82) is 0 Å². The molecular weight excluding hydrogens is 324 g/mol. The van der Waals surface area contributed by atoms with E-state index in [0.717, 1.165) is 11.2 Å². The molecule has 0 amide bonds. The first-order chi connectivity index (χ1) is 9.47. The number of rotatable bonds is 1. The van der Waals surface area contributed by atoms with Crippen LogP contribution in [0.15, 0.2) is 34.7 Å². The number of hydrogen-bond acceptors (Lipinski definition) is 0. The minimum atomic E-state index is 0. The summed E-state index contributed by atoms with van der Waals surface area (Å²) in [5, 5.41) is 2.53. The van der Waals surface area contributed by atoms with E-state index < -0.39 is 0 Å². The molecular formula is C19H21BrO. The molecule has 2 aromatic carbocycles. The highest BCUT2D eigenvalue weighted by molar-refractivity contribution is 5.97. The van der Waals surface area contributed by atoms with Crippen LogP contribution < -0.4 is 17.0 Å². The van der Waals surface area contributed by atoms with Gasteiger partial charge in [-0.2, -0.15) is 0 Å². The molecule has 1 heterocycles. The highest BCUT2D eigenvalue weighted by Gasteiger charge is 2.22. The minimum Gasteiger partial charge on any atom is -1.00 e. The number of aryl methyl sites for hydroxylation is 3. The van der Waals surface area contributed by atoms with Crippen LogP contribution in [-0.4, -0.2) is 0 Å². The summed E-state index contributed by atoms with van der Waals surface area (Å²) in [5.74, 6) is 0.472. The second-order valence-electron chi connectivity index (χ2n) is 6.13. The van der Waals surface area contributed by atoms with Crippen LogP contribution in [0.1, 0.15) is 42.0 Å². The monoisotopic (exact) mass is 344 g/mol. The topological polar surface area (TPSA) is 11.3 Å². The van der Waals surface area contributed by atoms with Gasteiger partial charge in [0.1, 0.15) is 0 Å². The van der Waals surface area contributed by atoms with Crippen molar-refractivity contribution in [2.45, 2.75) is 40.5 Å². The summed E-state index contributed by atoms with van der Waals surface area (Å²) in [6.07, 6.45) is 0. The Bertz CT molecular complexity index is 819. The first kappa shape index (κ1) is 16.0. The first-order valence-electron chi connectivity index (χ1n) is 7.24. The van der Waals surface area contributed by atoms with Gasteiger partial charge in [-0.1, -0.05) is 19.9 Å². The van der Waals surface area contributed by atoms with Gasteiger partial charge in [0.15, 0.2) is 0 Å². The summed E-state index contributed by atoms with van der Waals surface area (Å²) in [4.78, 5) is 0. The maximum absolute atomic E-state index is 6.15. The molecule has 110 valence electrons. The van der Waals surface area contributed by atoms with E-state index in [4.69, 9.17) is 4.42 Å². The standard InChI is InChI=1S/C19H21O.BrH/c1-11(2)18-15-9-12(3)6-7-16(15)20-17-10-13(4)8-14(5)19(17)18;/h6-11H,1-5H3;1H/q+1;/p-1. The van der Waals surface area contributed by atoms with Crippen molar-refractivity contribution in [3.8, 4) is 0 Å². The fourth-order valence-electron chi connectivity index (χ4n) is 3.15. The van der Waals surface area contributed by atoms with Crippen LogP contribution in [0.4, 0.5) is 0 Å². The predicted molar refractivity (Wildman–Crippen MR) is 86.4 cm³/mol. The second kappa shape index (κ2) is 5.76. The zero-order valence-electron chi connectivity index (χ0n) is 13.3. The molecule has 21 heavy (non-hydrogen) atoms. The van der Waals surface area contributed by atoms with Crippen molar-refractivity contribution in [3.05, 3.63) is 52.6 Å². The Labute approximate surface area is 136 Å². The molecule has 0 atom stereocenters. The quantitative estimate of drug-likeness (QED) is 0.488. The van der Waals surface area contributed by atoms with Gasteiger partial charge in [0, 0.05) is 12.1 Å². The highest BCUT2D eigenvalue weighted by atomic mass is 79.9. The Hall–Kier alpha value is -1.41. The predicted octanol–water partition coefficient (Wildman–Crippen LogP) is 2.92. The third-order valence-electron chi connectivity index (χ3n) is 3.94. The fourth-order valence-corrected chi connectivity index (χ4v) is 3.15. The molecule has 1 aromatic heterocycles. The molecule has 0 spiro atoms. The van der Waals surface area contributed by atoms with Crippen LogP contribution in [-0.2, 0) is 0 Å². The summed E-state index contributed by atoms with van der Waals surface area (Å²) >= 11 is 0. The van der Waals surface area contributed by atoms with E-state index in [9.17, 15) is 0 Å². The number of benzene rings is 2. The van der Waals surface area contributed by atoms with E-state index in [0.29, 0.717) is 5.92 Å². The summed E-state index contributed by atoms with van der Waals surface area (Å²) in [6.45, 7) is 11.0. The molecule has 0 aliphatic carbocycles. The van der Waals surface area contributed by atoms with Gasteiger partial charge in [0.2, 0.25) is 0 Å². The van der Waals surface area contributed by atoms with Crippen molar-refractivity contribution in [3.63, 3.8) is 0 Å². The Morgan fingerprint density at radius 2 is 1.57 bits per heavy atom. The van der Waals surface area contributed by atoms with Crippen LogP contribution in [0.3, 0.4) is 0 Å². The Kier molecular flexibility index (Phi) is 4.38. The normalized spacial score (nSPS) is 11.1. The number of halogens is 1. The molecule has 0 aliphatic rings. The zero-order chi connectivity index (χ0) is 14.4. The van der Waals surface area contributed by atoms with Crippen molar-refractivity contribution >= 4 is 21.9 Å². The molecule has 2 heteroatoms. The van der Waals surface area contributed by atoms with Gasteiger partial charge in [0.05, 0.1) is 10.8 Å². The molecule has 0 aliphatic heterocycles. The van der Waals surface area contributed by atoms with Crippen LogP contribution in [0.2, 0.25) is 0 Å². The van der Waals surface area contributed by atoms with Crippen LogP contribution in [0.25, 0.3) is 21.9 Å². The SMILES string of the molecule is Cc1cc(C)c2c(C(C)C)c3cc(C)ccc3[o+]c2c1.[Br-]. The second-order valence-corrected chi connectivity index (χ2v) is 6.13. The third kappa shape index (κ3) is 2.69. The Morgan fingerprint density at radius 1 is 0.857 bits per heavy atom. The van der Waals surface area contributed by atoms with E-state index in [1.54, 1.807) is 0 Å². The summed E-state index contributed by atoms with van der Waals surface area (Å²) in [5.41, 5.74) is 7.22. The average molecular weight is 345 g/mol. The van der Waals surface area contributed by atoms with Crippen molar-refractivity contribution in [1.82, 2.24) is 0 Å². The van der Waals surface area contributed by atoms with Gasteiger partial charge in [-0.3, -0.25) is 0 Å². The first-order valence-corrected chi connectivity index (χ1v) is 7.24. The zero-order valence-corrected chi connectivity index (χ0v) is 14.8. The van der Waals surface area contributed by atoms with Gasteiger partial charge >= 0.3 is 11.2 Å². The van der Waals surface area contributed by atoms with E-state index in [2.05, 4.69) is 65.0 Å². The lowest BCUT2D eigenvalue weighted by Crippen LogP contribution is -3.00. The molecule has 3 rings (SSSR count). The fraction of sp³-hybridized carbons (Fsp3) is 0.316. The Morgan fingerprint density at radius 3 is 2.24 bits per heavy atom. The van der Waals surface area contributed by atoms with Crippen molar-refractivity contribution in [2.75, 3.05) is 0 Å². The lowest BCUT2D eigenvalue weighted by Gasteiger charge is -2.11. The molecule has 3 aromatic rings.